The van der Waals surface area contributed by atoms with Crippen molar-refractivity contribution in [2.24, 2.45) is 0 Å². The number of hydrogen-bond donors (Lipinski definition) is 0. The van der Waals surface area contributed by atoms with Crippen LogP contribution in [0.15, 0.2) is 91.0 Å². The van der Waals surface area contributed by atoms with Crippen LogP contribution in [0, 0.1) is 0 Å². The van der Waals surface area contributed by atoms with Gasteiger partial charge in [0.1, 0.15) is 27.2 Å². The lowest BCUT2D eigenvalue weighted by atomic mass is 10.4. The lowest BCUT2D eigenvalue weighted by Gasteiger charge is -2.18. The monoisotopic (exact) mass is 333 g/mol. The quantitative estimate of drug-likeness (QED) is 0.616. The molecule has 0 aliphatic carbocycles. The number of halogens is 2. The van der Waals surface area contributed by atoms with Crippen molar-refractivity contribution in [1.82, 2.24) is 0 Å². The Hall–Kier alpha value is -1.33. The van der Waals surface area contributed by atoms with Crippen molar-refractivity contribution >= 4 is 46.2 Å². The van der Waals surface area contributed by atoms with Crippen LogP contribution in [-0.2, 0) is 0 Å². The molecular formula is C18H16Cl2P+. The summed E-state index contributed by atoms with van der Waals surface area (Å²) in [5, 5.41) is 3.58. The Kier molecular flexibility index (Phi) is 5.42. The molecule has 0 saturated heterocycles. The molecule has 0 fully saturated rings. The summed E-state index contributed by atoms with van der Waals surface area (Å²) >= 11 is 7.23. The third-order valence-corrected chi connectivity index (χ3v) is 8.12. The smallest absolute Gasteiger partial charge is 0.147 e. The fourth-order valence-electron chi connectivity index (χ4n) is 2.35. The maximum atomic E-state index is 7.23. The predicted molar refractivity (Wildman–Crippen MR) is 98.2 cm³/mol. The first kappa shape index (κ1) is 16.0. The summed E-state index contributed by atoms with van der Waals surface area (Å²) in [5.74, 6) is 0. The molecule has 0 aliphatic heterocycles. The largest absolute Gasteiger partial charge is 0.210 e. The topological polar surface area (TPSA) is 0 Å². The Labute approximate surface area is 137 Å². The van der Waals surface area contributed by atoms with Gasteiger partial charge in [-0.15, -0.1) is 12.4 Å². The average molecular weight is 334 g/mol. The summed E-state index contributed by atoms with van der Waals surface area (Å²) in [6, 6.07) is 31.2. The van der Waals surface area contributed by atoms with Gasteiger partial charge in [0.05, 0.1) is 0 Å². The summed E-state index contributed by atoms with van der Waals surface area (Å²) in [4.78, 5) is 0. The van der Waals surface area contributed by atoms with Crippen LogP contribution in [0.4, 0.5) is 0 Å². The van der Waals surface area contributed by atoms with Gasteiger partial charge in [-0.1, -0.05) is 54.6 Å². The predicted octanol–water partition coefficient (Wildman–Crippen LogP) is 4.56. The lowest BCUT2D eigenvalue weighted by Crippen LogP contribution is -2.26. The minimum atomic E-state index is -2.05. The van der Waals surface area contributed by atoms with Crippen LogP contribution in [0.2, 0.25) is 0 Å². The minimum absolute atomic E-state index is 0. The first-order valence-corrected chi connectivity index (χ1v) is 9.27. The first-order chi connectivity index (χ1) is 9.82. The summed E-state index contributed by atoms with van der Waals surface area (Å²) < 4.78 is 0. The van der Waals surface area contributed by atoms with E-state index in [4.69, 9.17) is 11.2 Å². The Morgan fingerprint density at radius 1 is 0.476 bits per heavy atom. The minimum Gasteiger partial charge on any atom is -0.147 e. The molecule has 0 aliphatic rings. The second-order valence-corrected chi connectivity index (χ2v) is 8.84. The van der Waals surface area contributed by atoms with Gasteiger partial charge in [-0.3, -0.25) is 0 Å². The van der Waals surface area contributed by atoms with Crippen molar-refractivity contribution in [3.05, 3.63) is 91.0 Å². The first-order valence-electron chi connectivity index (χ1n) is 6.57. The van der Waals surface area contributed by atoms with Gasteiger partial charge in [0.2, 0.25) is 6.62 Å². The maximum Gasteiger partial charge on any atom is 0.210 e. The normalized spacial score (nSPS) is 10.7. The van der Waals surface area contributed by atoms with Gasteiger partial charge in [0.15, 0.2) is 0 Å². The fourth-order valence-corrected chi connectivity index (χ4v) is 6.00. The van der Waals surface area contributed by atoms with Crippen molar-refractivity contribution in [2.45, 2.75) is 0 Å². The molecule has 0 amide bonds. The molecule has 0 radical (unpaired) electrons. The molecule has 0 nitrogen and oxygen atoms in total. The standard InChI is InChI=1S/C18H15ClP.ClH/c19-20(16-10-4-1-5-11-16,17-12-6-2-7-13-17)18-14-8-3-9-15-18;/h1-15H;1H/q+1;. The highest BCUT2D eigenvalue weighted by atomic mass is 35.7. The highest BCUT2D eigenvalue weighted by molar-refractivity contribution is 8.14. The van der Waals surface area contributed by atoms with Gasteiger partial charge in [-0.2, -0.15) is 0 Å². The van der Waals surface area contributed by atoms with E-state index >= 15 is 0 Å². The highest BCUT2D eigenvalue weighted by Crippen LogP contribution is 2.60. The van der Waals surface area contributed by atoms with Crippen molar-refractivity contribution in [3.63, 3.8) is 0 Å². The van der Waals surface area contributed by atoms with E-state index in [9.17, 15) is 0 Å². The highest BCUT2D eigenvalue weighted by Gasteiger charge is 2.44. The molecule has 0 bridgehead atoms. The second kappa shape index (κ2) is 7.09. The van der Waals surface area contributed by atoms with Gasteiger partial charge in [-0.05, 0) is 36.4 Å². The lowest BCUT2D eigenvalue weighted by molar-refractivity contribution is 1.73. The van der Waals surface area contributed by atoms with E-state index in [-0.39, 0.29) is 12.4 Å². The van der Waals surface area contributed by atoms with Crippen LogP contribution in [-0.4, -0.2) is 0 Å². The molecule has 3 aromatic carbocycles. The molecule has 0 unspecified atom stereocenters. The maximum absolute atomic E-state index is 7.23. The van der Waals surface area contributed by atoms with E-state index in [0.29, 0.717) is 0 Å². The van der Waals surface area contributed by atoms with Gasteiger partial charge < -0.3 is 0 Å². The number of rotatable bonds is 3. The Balaban J connectivity index is 0.00000161. The molecule has 0 saturated carbocycles. The molecule has 3 rings (SSSR count). The van der Waals surface area contributed by atoms with E-state index in [0.717, 1.165) is 0 Å². The van der Waals surface area contributed by atoms with Crippen LogP contribution < -0.4 is 15.9 Å². The molecule has 0 spiro atoms. The van der Waals surface area contributed by atoms with Crippen molar-refractivity contribution in [2.75, 3.05) is 0 Å². The van der Waals surface area contributed by atoms with Crippen LogP contribution in [0.1, 0.15) is 0 Å². The molecule has 106 valence electrons. The number of hydrogen-bond acceptors (Lipinski definition) is 0. The van der Waals surface area contributed by atoms with Gasteiger partial charge in [0, 0.05) is 0 Å². The fraction of sp³-hybridized carbons (Fsp3) is 0. The van der Waals surface area contributed by atoms with Crippen LogP contribution in [0.3, 0.4) is 0 Å². The molecule has 3 aromatic rings. The van der Waals surface area contributed by atoms with Crippen molar-refractivity contribution < 1.29 is 0 Å². The molecular weight excluding hydrogens is 318 g/mol. The summed E-state index contributed by atoms with van der Waals surface area (Å²) in [5.41, 5.74) is 0. The van der Waals surface area contributed by atoms with E-state index < -0.39 is 6.62 Å². The van der Waals surface area contributed by atoms with E-state index in [2.05, 4.69) is 72.8 Å². The van der Waals surface area contributed by atoms with Gasteiger partial charge in [-0.25, -0.2) is 0 Å². The third kappa shape index (κ3) is 3.14. The Morgan fingerprint density at radius 2 is 0.714 bits per heavy atom. The summed E-state index contributed by atoms with van der Waals surface area (Å²) in [6.45, 7) is -2.05. The van der Waals surface area contributed by atoms with Crippen LogP contribution in [0.25, 0.3) is 0 Å². The average Bonchev–Trinajstić information content (AvgIpc) is 2.56. The van der Waals surface area contributed by atoms with Gasteiger partial charge in [0.25, 0.3) is 0 Å². The summed E-state index contributed by atoms with van der Waals surface area (Å²) in [7, 11) is 0. The molecule has 0 aromatic heterocycles. The molecule has 21 heavy (non-hydrogen) atoms. The SMILES string of the molecule is Cl.Cl[P+](c1ccccc1)(c1ccccc1)c1ccccc1. The van der Waals surface area contributed by atoms with E-state index in [1.54, 1.807) is 0 Å². The molecule has 0 heterocycles. The zero-order valence-electron chi connectivity index (χ0n) is 11.4. The van der Waals surface area contributed by atoms with E-state index in [1.807, 2.05) is 18.2 Å². The Morgan fingerprint density at radius 3 is 0.952 bits per heavy atom. The van der Waals surface area contributed by atoms with Crippen LogP contribution >= 0.6 is 30.3 Å². The van der Waals surface area contributed by atoms with Crippen LogP contribution in [0.5, 0.6) is 0 Å². The number of benzene rings is 3. The summed E-state index contributed by atoms with van der Waals surface area (Å²) in [6.07, 6.45) is 0. The molecule has 0 N–H and O–H groups in total. The molecule has 3 heteroatoms. The van der Waals surface area contributed by atoms with Crippen molar-refractivity contribution in [3.8, 4) is 0 Å². The zero-order valence-corrected chi connectivity index (χ0v) is 13.9. The second-order valence-electron chi connectivity index (χ2n) is 4.60. The Bertz CT molecular complexity index is 573. The van der Waals surface area contributed by atoms with Crippen molar-refractivity contribution in [1.29, 1.82) is 0 Å². The van der Waals surface area contributed by atoms with Gasteiger partial charge >= 0.3 is 0 Å². The molecule has 0 atom stereocenters. The van der Waals surface area contributed by atoms with E-state index in [1.165, 1.54) is 15.9 Å². The zero-order chi connectivity index (χ0) is 13.8. The third-order valence-electron chi connectivity index (χ3n) is 3.34.